The van der Waals surface area contributed by atoms with Crippen molar-refractivity contribution in [3.8, 4) is 22.6 Å². The minimum atomic E-state index is -0.240. The summed E-state index contributed by atoms with van der Waals surface area (Å²) in [7, 11) is 1.65. The van der Waals surface area contributed by atoms with E-state index in [9.17, 15) is 14.7 Å². The normalized spacial score (nSPS) is 18.6. The first-order chi connectivity index (χ1) is 19.5. The third kappa shape index (κ3) is 5.83. The Hall–Kier alpha value is -3.88. The largest absolute Gasteiger partial charge is 0.508 e. The summed E-state index contributed by atoms with van der Waals surface area (Å²) in [5.41, 5.74) is 4.66. The second-order valence-electron chi connectivity index (χ2n) is 10.3. The van der Waals surface area contributed by atoms with Crippen LogP contribution in [0.5, 0.6) is 11.5 Å². The zero-order valence-electron chi connectivity index (χ0n) is 23.1. The molecule has 3 aromatic rings. The number of ether oxygens (including phenoxy) is 2. The van der Waals surface area contributed by atoms with E-state index in [0.29, 0.717) is 44.1 Å². The molecule has 2 N–H and O–H groups in total. The third-order valence-electron chi connectivity index (χ3n) is 7.82. The molecule has 0 aromatic heterocycles. The fourth-order valence-electron chi connectivity index (χ4n) is 5.76. The van der Waals surface area contributed by atoms with Gasteiger partial charge in [0.2, 0.25) is 5.91 Å². The van der Waals surface area contributed by atoms with Crippen molar-refractivity contribution in [2.75, 3.05) is 56.3 Å². The van der Waals surface area contributed by atoms with Crippen molar-refractivity contribution in [3.05, 3.63) is 72.3 Å². The molecule has 0 bridgehead atoms. The number of aromatic hydroxyl groups is 1. The third-order valence-corrected chi connectivity index (χ3v) is 7.82. The van der Waals surface area contributed by atoms with Crippen molar-refractivity contribution >= 4 is 23.2 Å². The Morgan fingerprint density at radius 3 is 2.73 bits per heavy atom. The number of benzene rings is 3. The van der Waals surface area contributed by atoms with Gasteiger partial charge in [0.05, 0.1) is 11.6 Å². The lowest BCUT2D eigenvalue weighted by molar-refractivity contribution is -0.123. The SMILES string of the molecule is CCN(C(=O)[C@H]1CNCC[C@@H]1c1cccc(-c2ccc(O)cc2)c1)c1ccc2c(c1)N(CCCOC)C(=O)CO2. The molecule has 2 atom stereocenters. The van der Waals surface area contributed by atoms with E-state index in [1.165, 1.54) is 0 Å². The number of hydrogen-bond donors (Lipinski definition) is 2. The number of piperidine rings is 1. The smallest absolute Gasteiger partial charge is 0.265 e. The Balaban J connectivity index is 1.41. The molecule has 1 saturated heterocycles. The predicted octanol–water partition coefficient (Wildman–Crippen LogP) is 4.57. The minimum Gasteiger partial charge on any atom is -0.508 e. The zero-order valence-corrected chi connectivity index (χ0v) is 23.1. The molecule has 5 rings (SSSR count). The van der Waals surface area contributed by atoms with E-state index in [1.807, 2.05) is 48.2 Å². The summed E-state index contributed by atoms with van der Waals surface area (Å²) in [6.45, 7) is 5.02. The molecule has 40 heavy (non-hydrogen) atoms. The van der Waals surface area contributed by atoms with Gasteiger partial charge < -0.3 is 29.7 Å². The van der Waals surface area contributed by atoms with Crippen LogP contribution in [-0.4, -0.2) is 63.4 Å². The van der Waals surface area contributed by atoms with Crippen LogP contribution in [-0.2, 0) is 14.3 Å². The molecule has 0 spiro atoms. The molecule has 0 saturated carbocycles. The molecule has 2 heterocycles. The van der Waals surface area contributed by atoms with Gasteiger partial charge in [-0.1, -0.05) is 36.4 Å². The van der Waals surface area contributed by atoms with Gasteiger partial charge in [-0.15, -0.1) is 0 Å². The zero-order chi connectivity index (χ0) is 28.1. The number of nitrogens with one attached hydrogen (secondary N) is 1. The lowest BCUT2D eigenvalue weighted by Crippen LogP contribution is -2.46. The van der Waals surface area contributed by atoms with Crippen molar-refractivity contribution in [3.63, 3.8) is 0 Å². The summed E-state index contributed by atoms with van der Waals surface area (Å²) in [5, 5.41) is 13.1. The number of phenols is 1. The summed E-state index contributed by atoms with van der Waals surface area (Å²) in [6, 6.07) is 21.2. The number of hydrogen-bond acceptors (Lipinski definition) is 6. The summed E-state index contributed by atoms with van der Waals surface area (Å²) in [6.07, 6.45) is 1.56. The molecule has 3 aromatic carbocycles. The molecule has 210 valence electrons. The molecule has 8 heteroatoms. The van der Waals surface area contributed by atoms with Crippen molar-refractivity contribution in [1.82, 2.24) is 5.32 Å². The fraction of sp³-hybridized carbons (Fsp3) is 0.375. The van der Waals surface area contributed by atoms with Crippen LogP contribution in [0.25, 0.3) is 11.1 Å². The topological polar surface area (TPSA) is 91.3 Å². The van der Waals surface area contributed by atoms with Gasteiger partial charge in [-0.05, 0) is 79.3 Å². The van der Waals surface area contributed by atoms with Gasteiger partial charge in [0, 0.05) is 39.0 Å². The summed E-state index contributed by atoms with van der Waals surface area (Å²) < 4.78 is 10.9. The number of rotatable bonds is 9. The van der Waals surface area contributed by atoms with Crippen molar-refractivity contribution in [2.24, 2.45) is 5.92 Å². The highest BCUT2D eigenvalue weighted by Gasteiger charge is 2.35. The van der Waals surface area contributed by atoms with E-state index in [4.69, 9.17) is 9.47 Å². The van der Waals surface area contributed by atoms with E-state index in [1.54, 1.807) is 24.1 Å². The van der Waals surface area contributed by atoms with Gasteiger partial charge in [0.15, 0.2) is 6.61 Å². The van der Waals surface area contributed by atoms with E-state index >= 15 is 0 Å². The van der Waals surface area contributed by atoms with E-state index < -0.39 is 0 Å². The standard InChI is InChI=1S/C32H37N3O5/c1-3-34(25-10-13-30-29(19-25)35(16-5-17-39-2)31(37)21-40-30)32(38)28-20-33-15-14-27(28)24-7-4-6-23(18-24)22-8-11-26(36)12-9-22/h4,6-13,18-19,27-28,33,36H,3,5,14-17,20-21H2,1-2H3/t27-,28+/m1/s1. The van der Waals surface area contributed by atoms with Gasteiger partial charge in [0.25, 0.3) is 5.91 Å². The average molecular weight is 544 g/mol. The van der Waals surface area contributed by atoms with Gasteiger partial charge in [-0.2, -0.15) is 0 Å². The first-order valence-corrected chi connectivity index (χ1v) is 14.0. The number of carbonyl (C=O) groups excluding carboxylic acids is 2. The summed E-state index contributed by atoms with van der Waals surface area (Å²) >= 11 is 0. The van der Waals surface area contributed by atoms with Crippen LogP contribution in [0.15, 0.2) is 66.7 Å². The van der Waals surface area contributed by atoms with Gasteiger partial charge in [0.1, 0.15) is 11.5 Å². The van der Waals surface area contributed by atoms with Crippen LogP contribution in [0, 0.1) is 5.92 Å². The summed E-state index contributed by atoms with van der Waals surface area (Å²) in [4.78, 5) is 30.4. The van der Waals surface area contributed by atoms with Gasteiger partial charge >= 0.3 is 0 Å². The maximum atomic E-state index is 14.2. The number of phenolic OH excluding ortho intramolecular Hbond substituents is 1. The number of amides is 2. The van der Waals surface area contributed by atoms with E-state index in [2.05, 4.69) is 23.5 Å². The summed E-state index contributed by atoms with van der Waals surface area (Å²) in [5.74, 6) is 0.666. The van der Waals surface area contributed by atoms with E-state index in [-0.39, 0.29) is 36.0 Å². The maximum Gasteiger partial charge on any atom is 0.265 e. The fourth-order valence-corrected chi connectivity index (χ4v) is 5.76. The Labute approximate surface area is 235 Å². The number of nitrogens with zero attached hydrogens (tertiary/aromatic N) is 2. The molecule has 2 aliphatic rings. The van der Waals surface area contributed by atoms with Crippen LogP contribution in [0.4, 0.5) is 11.4 Å². The lowest BCUT2D eigenvalue weighted by atomic mass is 9.79. The highest BCUT2D eigenvalue weighted by molar-refractivity contribution is 6.00. The molecular formula is C32H37N3O5. The lowest BCUT2D eigenvalue weighted by Gasteiger charge is -2.36. The number of methoxy groups -OCH3 is 1. The Morgan fingerprint density at radius 2 is 1.95 bits per heavy atom. The second kappa shape index (κ2) is 12.5. The molecule has 2 aliphatic heterocycles. The van der Waals surface area contributed by atoms with Crippen LogP contribution >= 0.6 is 0 Å². The number of anilines is 2. The highest BCUT2D eigenvalue weighted by atomic mass is 16.5. The molecule has 8 nitrogen and oxygen atoms in total. The minimum absolute atomic E-state index is 0.00832. The van der Waals surface area contributed by atoms with Gasteiger partial charge in [-0.25, -0.2) is 0 Å². The van der Waals surface area contributed by atoms with Crippen LogP contribution in [0.3, 0.4) is 0 Å². The van der Waals surface area contributed by atoms with Gasteiger partial charge in [-0.3, -0.25) is 9.59 Å². The van der Waals surface area contributed by atoms with E-state index in [0.717, 1.165) is 35.3 Å². The van der Waals surface area contributed by atoms with Crippen LogP contribution < -0.4 is 19.9 Å². The molecular weight excluding hydrogens is 506 g/mol. The second-order valence-corrected chi connectivity index (χ2v) is 10.3. The first-order valence-electron chi connectivity index (χ1n) is 14.0. The van der Waals surface area contributed by atoms with Crippen molar-refractivity contribution in [2.45, 2.75) is 25.7 Å². The quantitative estimate of drug-likeness (QED) is 0.385. The van der Waals surface area contributed by atoms with Crippen LogP contribution in [0.2, 0.25) is 0 Å². The maximum absolute atomic E-state index is 14.2. The monoisotopic (exact) mass is 543 g/mol. The molecule has 0 aliphatic carbocycles. The Morgan fingerprint density at radius 1 is 1.12 bits per heavy atom. The van der Waals surface area contributed by atoms with Crippen molar-refractivity contribution < 1.29 is 24.2 Å². The Bertz CT molecular complexity index is 1340. The molecule has 0 radical (unpaired) electrons. The molecule has 1 fully saturated rings. The van der Waals surface area contributed by atoms with Crippen LogP contribution in [0.1, 0.15) is 31.2 Å². The average Bonchev–Trinajstić information content (AvgIpc) is 2.99. The number of fused-ring (bicyclic) bond motifs is 1. The molecule has 2 amide bonds. The Kier molecular flexibility index (Phi) is 8.67. The highest BCUT2D eigenvalue weighted by Crippen LogP contribution is 2.38. The molecule has 0 unspecified atom stereocenters. The van der Waals surface area contributed by atoms with Crippen molar-refractivity contribution in [1.29, 1.82) is 0 Å². The first kappa shape index (κ1) is 27.7. The number of carbonyl (C=O) groups is 2. The predicted molar refractivity (Wildman–Crippen MR) is 156 cm³/mol.